The zero-order valence-corrected chi connectivity index (χ0v) is 15.9. The number of benzene rings is 2. The molecule has 0 aliphatic carbocycles. The molecule has 12 heteroatoms. The van der Waals surface area contributed by atoms with Crippen LogP contribution in [0.5, 0.6) is 0 Å². The Morgan fingerprint density at radius 3 is 1.93 bits per heavy atom. The molecule has 0 spiro atoms. The van der Waals surface area contributed by atoms with Gasteiger partial charge < -0.3 is 9.47 Å². The smallest absolute Gasteiger partial charge is 0.338 e. The molecule has 3 rings (SSSR count). The predicted octanol–water partition coefficient (Wildman–Crippen LogP) is 2.76. The van der Waals surface area contributed by atoms with E-state index in [1.165, 1.54) is 4.31 Å². The van der Waals surface area contributed by atoms with Gasteiger partial charge in [0.25, 0.3) is 0 Å². The van der Waals surface area contributed by atoms with Gasteiger partial charge in [-0.05, 0) is 24.3 Å². The molecule has 2 aromatic carbocycles. The second kappa shape index (κ2) is 8.66. The molecular weight excluding hydrogens is 437 g/mol. The van der Waals surface area contributed by atoms with Gasteiger partial charge in [0, 0.05) is 13.1 Å². The van der Waals surface area contributed by atoms with Crippen LogP contribution in [-0.2, 0) is 26.1 Å². The van der Waals surface area contributed by atoms with Crippen LogP contribution in [-0.4, -0.2) is 45.0 Å². The number of halogens is 5. The fraction of sp³-hybridized carbons (Fsp3) is 0.278. The highest BCUT2D eigenvalue weighted by molar-refractivity contribution is 7.89. The summed E-state index contributed by atoms with van der Waals surface area (Å²) in [6.07, 6.45) is 0. The SMILES string of the molecule is O=C(OCc1c(F)c(F)c(F)c(F)c1F)c1ccc(S(=O)(=O)N2CCOCC2)cc1. The molecule has 162 valence electrons. The number of nitrogens with zero attached hydrogens (tertiary/aromatic N) is 1. The summed E-state index contributed by atoms with van der Waals surface area (Å²) in [6.45, 7) is -0.358. The van der Waals surface area contributed by atoms with Crippen LogP contribution >= 0.6 is 0 Å². The zero-order chi connectivity index (χ0) is 22.1. The number of sulfonamides is 1. The molecule has 0 saturated carbocycles. The minimum Gasteiger partial charge on any atom is -0.457 e. The number of ether oxygens (including phenoxy) is 2. The minimum absolute atomic E-state index is 0.0966. The molecule has 0 atom stereocenters. The van der Waals surface area contributed by atoms with Gasteiger partial charge in [0.15, 0.2) is 23.3 Å². The third kappa shape index (κ3) is 4.16. The number of esters is 1. The van der Waals surface area contributed by atoms with Crippen molar-refractivity contribution in [1.29, 1.82) is 0 Å². The Labute approximate surface area is 167 Å². The Balaban J connectivity index is 1.73. The van der Waals surface area contributed by atoms with Crippen molar-refractivity contribution in [3.8, 4) is 0 Å². The molecule has 0 N–H and O–H groups in total. The van der Waals surface area contributed by atoms with Crippen LogP contribution in [0.25, 0.3) is 0 Å². The lowest BCUT2D eigenvalue weighted by Crippen LogP contribution is -2.40. The molecule has 1 aliphatic rings. The second-order valence-corrected chi connectivity index (χ2v) is 8.10. The summed E-state index contributed by atoms with van der Waals surface area (Å²) in [4.78, 5) is 11.9. The number of hydrogen-bond donors (Lipinski definition) is 0. The molecule has 6 nitrogen and oxygen atoms in total. The summed E-state index contributed by atoms with van der Waals surface area (Å²) in [7, 11) is -3.80. The van der Waals surface area contributed by atoms with Crippen molar-refractivity contribution in [1.82, 2.24) is 4.31 Å². The van der Waals surface area contributed by atoms with Crippen molar-refractivity contribution in [2.24, 2.45) is 0 Å². The van der Waals surface area contributed by atoms with Gasteiger partial charge in [-0.15, -0.1) is 0 Å². The summed E-state index contributed by atoms with van der Waals surface area (Å²) >= 11 is 0. The van der Waals surface area contributed by atoms with Crippen LogP contribution in [0.15, 0.2) is 29.2 Å². The molecule has 2 aromatic rings. The molecule has 1 saturated heterocycles. The monoisotopic (exact) mass is 451 g/mol. The normalized spacial score (nSPS) is 15.2. The molecule has 30 heavy (non-hydrogen) atoms. The minimum atomic E-state index is -3.80. The summed E-state index contributed by atoms with van der Waals surface area (Å²) < 4.78 is 103. The first-order valence-corrected chi connectivity index (χ1v) is 9.94. The first-order chi connectivity index (χ1) is 14.1. The van der Waals surface area contributed by atoms with Crippen LogP contribution in [0.4, 0.5) is 22.0 Å². The van der Waals surface area contributed by atoms with E-state index in [1.54, 1.807) is 0 Å². The standard InChI is InChI=1S/C18H14F5NO5S/c19-13-12(14(20)16(22)17(23)15(13)21)9-29-18(25)10-1-3-11(4-2-10)30(26,27)24-5-7-28-8-6-24/h1-4H,5-9H2. The maximum absolute atomic E-state index is 13.6. The van der Waals surface area contributed by atoms with E-state index in [0.717, 1.165) is 24.3 Å². The van der Waals surface area contributed by atoms with E-state index in [4.69, 9.17) is 4.74 Å². The van der Waals surface area contributed by atoms with Gasteiger partial charge in [-0.2, -0.15) is 4.31 Å². The summed E-state index contributed by atoms with van der Waals surface area (Å²) in [5.74, 6) is -12.0. The Morgan fingerprint density at radius 2 is 1.40 bits per heavy atom. The van der Waals surface area contributed by atoms with Gasteiger partial charge in [0.2, 0.25) is 15.8 Å². The van der Waals surface area contributed by atoms with Gasteiger partial charge in [-0.3, -0.25) is 0 Å². The van der Waals surface area contributed by atoms with Crippen LogP contribution in [0, 0.1) is 29.1 Å². The van der Waals surface area contributed by atoms with Gasteiger partial charge in [0.1, 0.15) is 6.61 Å². The van der Waals surface area contributed by atoms with Gasteiger partial charge >= 0.3 is 5.97 Å². The van der Waals surface area contributed by atoms with E-state index in [9.17, 15) is 35.2 Å². The van der Waals surface area contributed by atoms with Crippen LogP contribution in [0.1, 0.15) is 15.9 Å². The maximum atomic E-state index is 13.6. The third-order valence-electron chi connectivity index (χ3n) is 4.35. The number of carbonyl (C=O) groups excluding carboxylic acids is 1. The Hall–Kier alpha value is -2.57. The highest BCUT2D eigenvalue weighted by Gasteiger charge is 2.28. The van der Waals surface area contributed by atoms with E-state index in [0.29, 0.717) is 0 Å². The highest BCUT2D eigenvalue weighted by atomic mass is 32.2. The molecule has 0 amide bonds. The molecule has 1 aliphatic heterocycles. The number of hydrogen-bond acceptors (Lipinski definition) is 5. The Morgan fingerprint density at radius 1 is 0.900 bits per heavy atom. The zero-order valence-electron chi connectivity index (χ0n) is 15.1. The molecular formula is C18H14F5NO5S. The third-order valence-corrected chi connectivity index (χ3v) is 6.26. The quantitative estimate of drug-likeness (QED) is 0.303. The largest absolute Gasteiger partial charge is 0.457 e. The van der Waals surface area contributed by atoms with Crippen LogP contribution in [0.3, 0.4) is 0 Å². The highest BCUT2D eigenvalue weighted by Crippen LogP contribution is 2.24. The van der Waals surface area contributed by atoms with Gasteiger partial charge in [-0.1, -0.05) is 0 Å². The molecule has 0 aromatic heterocycles. The van der Waals surface area contributed by atoms with Crippen LogP contribution < -0.4 is 0 Å². The molecule has 1 heterocycles. The van der Waals surface area contributed by atoms with E-state index in [-0.39, 0.29) is 36.8 Å². The van der Waals surface area contributed by atoms with Crippen molar-refractivity contribution in [2.75, 3.05) is 26.3 Å². The molecule has 1 fully saturated rings. The van der Waals surface area contributed by atoms with Gasteiger partial charge in [-0.25, -0.2) is 35.2 Å². The van der Waals surface area contributed by atoms with E-state index in [1.807, 2.05) is 0 Å². The van der Waals surface area contributed by atoms with E-state index in [2.05, 4.69) is 4.74 Å². The topological polar surface area (TPSA) is 72.9 Å². The fourth-order valence-corrected chi connectivity index (χ4v) is 4.11. The lowest BCUT2D eigenvalue weighted by atomic mass is 10.2. The number of morpholine rings is 1. The van der Waals surface area contributed by atoms with Crippen molar-refractivity contribution in [3.63, 3.8) is 0 Å². The average molecular weight is 451 g/mol. The Bertz CT molecular complexity index is 1040. The van der Waals surface area contributed by atoms with Crippen molar-refractivity contribution in [2.45, 2.75) is 11.5 Å². The second-order valence-electron chi connectivity index (χ2n) is 6.17. The summed E-state index contributed by atoms with van der Waals surface area (Å²) in [5, 5.41) is 0. The first kappa shape index (κ1) is 22.1. The molecule has 0 bridgehead atoms. The van der Waals surface area contributed by atoms with Crippen molar-refractivity contribution in [3.05, 3.63) is 64.5 Å². The summed E-state index contributed by atoms with van der Waals surface area (Å²) in [5.41, 5.74) is -1.48. The average Bonchev–Trinajstić information content (AvgIpc) is 2.77. The lowest BCUT2D eigenvalue weighted by molar-refractivity contribution is 0.0462. The van der Waals surface area contributed by atoms with E-state index < -0.39 is 57.2 Å². The molecule has 0 unspecified atom stereocenters. The van der Waals surface area contributed by atoms with Crippen LogP contribution in [0.2, 0.25) is 0 Å². The van der Waals surface area contributed by atoms with Crippen molar-refractivity contribution >= 4 is 16.0 Å². The lowest BCUT2D eigenvalue weighted by Gasteiger charge is -2.26. The summed E-state index contributed by atoms with van der Waals surface area (Å²) in [6, 6.07) is 4.49. The molecule has 0 radical (unpaired) electrons. The maximum Gasteiger partial charge on any atom is 0.338 e. The fourth-order valence-electron chi connectivity index (χ4n) is 2.70. The Kier molecular flexibility index (Phi) is 6.38. The number of carbonyl (C=O) groups is 1. The van der Waals surface area contributed by atoms with E-state index >= 15 is 0 Å². The van der Waals surface area contributed by atoms with Crippen molar-refractivity contribution < 1.29 is 44.6 Å². The predicted molar refractivity (Wildman–Crippen MR) is 91.4 cm³/mol. The van der Waals surface area contributed by atoms with Gasteiger partial charge in [0.05, 0.1) is 29.2 Å². The first-order valence-electron chi connectivity index (χ1n) is 8.50. The number of rotatable bonds is 5.